The van der Waals surface area contributed by atoms with E-state index in [0.29, 0.717) is 42.3 Å². The van der Waals surface area contributed by atoms with Crippen molar-refractivity contribution in [3.8, 4) is 11.5 Å². The molecule has 32 heavy (non-hydrogen) atoms. The summed E-state index contributed by atoms with van der Waals surface area (Å²) in [5, 5.41) is 5.96. The first-order valence-corrected chi connectivity index (χ1v) is 10.6. The Morgan fingerprint density at radius 1 is 0.969 bits per heavy atom. The molecule has 0 spiro atoms. The summed E-state index contributed by atoms with van der Waals surface area (Å²) in [4.78, 5) is 25.6. The second kappa shape index (κ2) is 11.2. The number of hydrogen-bond acceptors (Lipinski definition) is 4. The fourth-order valence-corrected chi connectivity index (χ4v) is 3.45. The van der Waals surface area contributed by atoms with Gasteiger partial charge in [-0.05, 0) is 43.2 Å². The van der Waals surface area contributed by atoms with E-state index in [1.54, 1.807) is 30.3 Å². The summed E-state index contributed by atoms with van der Waals surface area (Å²) >= 11 is 6.28. The predicted octanol–water partition coefficient (Wildman–Crippen LogP) is 4.97. The number of carbonyl (C=O) groups is 2. The van der Waals surface area contributed by atoms with E-state index in [0.717, 1.165) is 5.56 Å². The minimum absolute atomic E-state index is 0.265. The Balaban J connectivity index is 1.72. The highest BCUT2D eigenvalue weighted by Gasteiger charge is 2.18. The van der Waals surface area contributed by atoms with Gasteiger partial charge in [-0.15, -0.1) is 0 Å². The van der Waals surface area contributed by atoms with Gasteiger partial charge in [0, 0.05) is 12.1 Å². The predicted molar refractivity (Wildman–Crippen MR) is 126 cm³/mol. The molecule has 0 aliphatic heterocycles. The fourth-order valence-electron chi connectivity index (χ4n) is 3.18. The summed E-state index contributed by atoms with van der Waals surface area (Å²) in [6.07, 6.45) is 0.714. The molecular weight excluding hydrogens is 428 g/mol. The molecule has 0 aliphatic carbocycles. The molecule has 0 fully saturated rings. The Morgan fingerprint density at radius 2 is 1.69 bits per heavy atom. The Morgan fingerprint density at radius 3 is 2.41 bits per heavy atom. The van der Waals surface area contributed by atoms with Crippen molar-refractivity contribution in [3.05, 3.63) is 88.4 Å². The highest BCUT2D eigenvalue weighted by Crippen LogP contribution is 2.36. The van der Waals surface area contributed by atoms with E-state index in [1.165, 1.54) is 13.2 Å². The monoisotopic (exact) mass is 452 g/mol. The maximum absolute atomic E-state index is 12.9. The molecule has 0 saturated heterocycles. The number of methoxy groups -OCH3 is 1. The number of rotatable bonds is 9. The van der Waals surface area contributed by atoms with Crippen LogP contribution in [0.25, 0.3) is 0 Å². The van der Waals surface area contributed by atoms with E-state index in [9.17, 15) is 9.59 Å². The zero-order valence-corrected chi connectivity index (χ0v) is 18.7. The van der Waals surface area contributed by atoms with E-state index in [1.807, 2.05) is 37.3 Å². The molecule has 3 rings (SSSR count). The molecule has 2 amide bonds. The largest absolute Gasteiger partial charge is 0.493 e. The lowest BCUT2D eigenvalue weighted by atomic mass is 10.1. The molecule has 3 aromatic carbocycles. The Bertz CT molecular complexity index is 1090. The second-order valence-corrected chi connectivity index (χ2v) is 7.32. The summed E-state index contributed by atoms with van der Waals surface area (Å²) in [7, 11) is 1.48. The van der Waals surface area contributed by atoms with Gasteiger partial charge in [0.1, 0.15) is 0 Å². The standard InChI is InChI=1S/C25H25ClN2O4/c1-3-32-23-20(26)15-18(16-22(23)31-2)24(29)28-21-12-8-7-11-19(21)25(30)27-14-13-17-9-5-4-6-10-17/h4-12,15-16H,3,13-14H2,1-2H3,(H,27,30)(H,28,29). The van der Waals surface area contributed by atoms with Crippen LogP contribution in [0.1, 0.15) is 33.2 Å². The fraction of sp³-hybridized carbons (Fsp3) is 0.200. The molecule has 3 aromatic rings. The van der Waals surface area contributed by atoms with Gasteiger partial charge in [0.2, 0.25) is 0 Å². The Kier molecular flexibility index (Phi) is 8.11. The first-order chi connectivity index (χ1) is 15.5. The lowest BCUT2D eigenvalue weighted by molar-refractivity contribution is 0.0955. The number of ether oxygens (including phenoxy) is 2. The van der Waals surface area contributed by atoms with Crippen LogP contribution in [0.5, 0.6) is 11.5 Å². The van der Waals surface area contributed by atoms with Gasteiger partial charge in [0.15, 0.2) is 11.5 Å². The highest BCUT2D eigenvalue weighted by atomic mass is 35.5. The average Bonchev–Trinajstić information content (AvgIpc) is 2.81. The van der Waals surface area contributed by atoms with Crippen molar-refractivity contribution < 1.29 is 19.1 Å². The summed E-state index contributed by atoms with van der Waals surface area (Å²) in [5.41, 5.74) is 2.20. The second-order valence-electron chi connectivity index (χ2n) is 6.91. The van der Waals surface area contributed by atoms with Crippen LogP contribution in [0.15, 0.2) is 66.7 Å². The third kappa shape index (κ3) is 5.80. The number of nitrogens with one attached hydrogen (secondary N) is 2. The summed E-state index contributed by atoms with van der Waals surface area (Å²) in [6, 6.07) is 19.8. The number of para-hydroxylation sites is 1. The van der Waals surface area contributed by atoms with Crippen LogP contribution >= 0.6 is 11.6 Å². The van der Waals surface area contributed by atoms with Crippen LogP contribution in [0.2, 0.25) is 5.02 Å². The molecule has 0 atom stereocenters. The average molecular weight is 453 g/mol. The molecule has 0 unspecified atom stereocenters. The van der Waals surface area contributed by atoms with Crippen molar-refractivity contribution in [1.82, 2.24) is 5.32 Å². The van der Waals surface area contributed by atoms with E-state index in [2.05, 4.69) is 10.6 Å². The minimum atomic E-state index is -0.419. The maximum Gasteiger partial charge on any atom is 0.255 e. The van der Waals surface area contributed by atoms with Gasteiger partial charge >= 0.3 is 0 Å². The molecule has 0 bridgehead atoms. The van der Waals surface area contributed by atoms with Crippen LogP contribution in [-0.4, -0.2) is 32.1 Å². The van der Waals surface area contributed by atoms with Crippen LogP contribution in [-0.2, 0) is 6.42 Å². The van der Waals surface area contributed by atoms with Crippen molar-refractivity contribution in [2.75, 3.05) is 25.6 Å². The van der Waals surface area contributed by atoms with Crippen molar-refractivity contribution in [1.29, 1.82) is 0 Å². The van der Waals surface area contributed by atoms with Gasteiger partial charge in [-0.3, -0.25) is 9.59 Å². The summed E-state index contributed by atoms with van der Waals surface area (Å²) in [6.45, 7) is 2.73. The quantitative estimate of drug-likeness (QED) is 0.480. The topological polar surface area (TPSA) is 76.7 Å². The Hall–Kier alpha value is -3.51. The molecule has 0 heterocycles. The third-order valence-corrected chi connectivity index (χ3v) is 5.02. The smallest absolute Gasteiger partial charge is 0.255 e. The number of benzene rings is 3. The van der Waals surface area contributed by atoms with E-state index < -0.39 is 5.91 Å². The van der Waals surface area contributed by atoms with Crippen LogP contribution in [0.3, 0.4) is 0 Å². The first-order valence-electron chi connectivity index (χ1n) is 10.3. The lowest BCUT2D eigenvalue weighted by Gasteiger charge is -2.14. The molecule has 7 heteroatoms. The van der Waals surface area contributed by atoms with E-state index >= 15 is 0 Å². The number of carbonyl (C=O) groups excluding carboxylic acids is 2. The molecular formula is C25H25ClN2O4. The van der Waals surface area contributed by atoms with Crippen molar-refractivity contribution in [3.63, 3.8) is 0 Å². The van der Waals surface area contributed by atoms with Gasteiger partial charge in [-0.25, -0.2) is 0 Å². The highest BCUT2D eigenvalue weighted by molar-refractivity contribution is 6.32. The van der Waals surface area contributed by atoms with Crippen LogP contribution in [0.4, 0.5) is 5.69 Å². The molecule has 0 aliphatic rings. The van der Waals surface area contributed by atoms with E-state index in [4.69, 9.17) is 21.1 Å². The zero-order valence-electron chi connectivity index (χ0n) is 18.0. The normalized spacial score (nSPS) is 10.3. The van der Waals surface area contributed by atoms with Gasteiger partial charge < -0.3 is 20.1 Å². The van der Waals surface area contributed by atoms with Gasteiger partial charge in [-0.1, -0.05) is 54.1 Å². The molecule has 0 aromatic heterocycles. The molecule has 166 valence electrons. The minimum Gasteiger partial charge on any atom is -0.493 e. The number of anilines is 1. The third-order valence-electron chi connectivity index (χ3n) is 4.74. The van der Waals surface area contributed by atoms with Crippen molar-refractivity contribution in [2.45, 2.75) is 13.3 Å². The zero-order chi connectivity index (χ0) is 22.9. The molecule has 0 saturated carbocycles. The SMILES string of the molecule is CCOc1c(Cl)cc(C(=O)Nc2ccccc2C(=O)NCCc2ccccc2)cc1OC. The molecule has 6 nitrogen and oxygen atoms in total. The maximum atomic E-state index is 12.9. The summed E-state index contributed by atoms with van der Waals surface area (Å²) in [5.74, 6) is 0.0553. The first kappa shape index (κ1) is 23.2. The number of amides is 2. The van der Waals surface area contributed by atoms with Crippen LogP contribution < -0.4 is 20.1 Å². The molecule has 2 N–H and O–H groups in total. The van der Waals surface area contributed by atoms with Gasteiger partial charge in [0.25, 0.3) is 11.8 Å². The van der Waals surface area contributed by atoms with Gasteiger partial charge in [-0.2, -0.15) is 0 Å². The number of halogens is 1. The number of hydrogen-bond donors (Lipinski definition) is 2. The van der Waals surface area contributed by atoms with Gasteiger partial charge in [0.05, 0.1) is 30.0 Å². The van der Waals surface area contributed by atoms with Crippen molar-refractivity contribution >= 4 is 29.1 Å². The van der Waals surface area contributed by atoms with Crippen LogP contribution in [0, 0.1) is 0 Å². The summed E-state index contributed by atoms with van der Waals surface area (Å²) < 4.78 is 10.8. The lowest BCUT2D eigenvalue weighted by Crippen LogP contribution is -2.27. The molecule has 0 radical (unpaired) electrons. The van der Waals surface area contributed by atoms with E-state index in [-0.39, 0.29) is 16.5 Å². The Labute approximate surface area is 192 Å². The van der Waals surface area contributed by atoms with Crippen molar-refractivity contribution in [2.24, 2.45) is 0 Å².